The molecule has 3 aromatic rings. The van der Waals surface area contributed by atoms with Gasteiger partial charge in [-0.1, -0.05) is 6.07 Å². The number of carbonyl (C=O) groups is 2. The summed E-state index contributed by atoms with van der Waals surface area (Å²) in [5.74, 6) is -0.422. The second-order valence-corrected chi connectivity index (χ2v) is 7.20. The third-order valence-corrected chi connectivity index (χ3v) is 4.86. The molecule has 0 aliphatic heterocycles. The largest absolute Gasteiger partial charge is 0.326 e. The number of hydrogen-bond donors (Lipinski definition) is 2. The van der Waals surface area contributed by atoms with Gasteiger partial charge in [0.15, 0.2) is 5.69 Å². The van der Waals surface area contributed by atoms with Gasteiger partial charge in [-0.05, 0) is 53.8 Å². The van der Waals surface area contributed by atoms with Crippen molar-refractivity contribution in [2.75, 3.05) is 10.6 Å². The first-order valence-corrected chi connectivity index (χ1v) is 9.39. The first-order chi connectivity index (χ1) is 12.9. The third kappa shape index (κ3) is 5.16. The lowest BCUT2D eigenvalue weighted by atomic mass is 10.2. The van der Waals surface area contributed by atoms with Crippen molar-refractivity contribution >= 4 is 45.8 Å². The van der Waals surface area contributed by atoms with Gasteiger partial charge >= 0.3 is 0 Å². The van der Waals surface area contributed by atoms with E-state index in [1.165, 1.54) is 0 Å². The lowest BCUT2D eigenvalue weighted by molar-refractivity contribution is -0.116. The second-order valence-electron chi connectivity index (χ2n) is 6.03. The van der Waals surface area contributed by atoms with E-state index < -0.39 is 0 Å². The number of benzene rings is 1. The summed E-state index contributed by atoms with van der Waals surface area (Å²) < 4.78 is 4.40. The zero-order chi connectivity index (χ0) is 19.4. The monoisotopic (exact) mass is 478 g/mol. The van der Waals surface area contributed by atoms with Crippen molar-refractivity contribution < 1.29 is 9.59 Å². The predicted molar refractivity (Wildman–Crippen MR) is 111 cm³/mol. The van der Waals surface area contributed by atoms with Gasteiger partial charge in [-0.3, -0.25) is 19.0 Å². The van der Waals surface area contributed by atoms with Crippen LogP contribution in [0.4, 0.5) is 11.4 Å². The van der Waals surface area contributed by atoms with Crippen LogP contribution < -0.4 is 10.6 Å². The molecule has 0 unspecified atom stereocenters. The van der Waals surface area contributed by atoms with Crippen molar-refractivity contribution in [3.63, 3.8) is 0 Å². The molecule has 2 aromatic heterocycles. The number of carbonyl (C=O) groups excluding carboxylic acids is 2. The average Bonchev–Trinajstić information content (AvgIpc) is 3.19. The van der Waals surface area contributed by atoms with Crippen LogP contribution in [0.25, 0.3) is 0 Å². The molecule has 0 radical (unpaired) electrons. The molecule has 27 heavy (non-hydrogen) atoms. The number of halogens is 1. The van der Waals surface area contributed by atoms with E-state index in [1.807, 2.05) is 13.1 Å². The predicted octanol–water partition coefficient (Wildman–Crippen LogP) is 2.81. The molecule has 0 aliphatic rings. The van der Waals surface area contributed by atoms with Gasteiger partial charge in [-0.25, -0.2) is 0 Å². The molecule has 8 nitrogen and oxygen atoms in total. The first kappa shape index (κ1) is 19.1. The minimum Gasteiger partial charge on any atom is -0.326 e. The molecule has 0 atom stereocenters. The van der Waals surface area contributed by atoms with Crippen LogP contribution in [0.15, 0.2) is 42.7 Å². The fourth-order valence-corrected chi connectivity index (χ4v) is 2.88. The van der Waals surface area contributed by atoms with Crippen molar-refractivity contribution in [2.24, 2.45) is 7.05 Å². The van der Waals surface area contributed by atoms with E-state index in [0.29, 0.717) is 30.0 Å². The van der Waals surface area contributed by atoms with Crippen molar-refractivity contribution in [1.82, 2.24) is 19.6 Å². The highest BCUT2D eigenvalue weighted by molar-refractivity contribution is 14.1. The van der Waals surface area contributed by atoms with Gasteiger partial charge < -0.3 is 10.6 Å². The van der Waals surface area contributed by atoms with E-state index in [2.05, 4.69) is 43.4 Å². The summed E-state index contributed by atoms with van der Waals surface area (Å²) in [4.78, 5) is 24.3. The topological polar surface area (TPSA) is 93.8 Å². The molecule has 3 rings (SSSR count). The lowest BCUT2D eigenvalue weighted by Gasteiger charge is -2.08. The summed E-state index contributed by atoms with van der Waals surface area (Å²) in [5.41, 5.74) is 2.48. The van der Waals surface area contributed by atoms with Gasteiger partial charge in [0.25, 0.3) is 5.91 Å². The molecule has 9 heteroatoms. The van der Waals surface area contributed by atoms with Crippen molar-refractivity contribution in [3.05, 3.63) is 57.7 Å². The van der Waals surface area contributed by atoms with Crippen LogP contribution in [0.5, 0.6) is 0 Å². The Hall–Kier alpha value is -2.69. The fraction of sp³-hybridized carbons (Fsp3) is 0.222. The Morgan fingerprint density at radius 3 is 2.52 bits per heavy atom. The molecule has 1 aromatic carbocycles. The van der Waals surface area contributed by atoms with Crippen LogP contribution in [0.3, 0.4) is 0 Å². The summed E-state index contributed by atoms with van der Waals surface area (Å²) in [6.07, 6.45) is 3.92. The molecule has 0 fully saturated rings. The summed E-state index contributed by atoms with van der Waals surface area (Å²) >= 11 is 2.22. The van der Waals surface area contributed by atoms with Crippen LogP contribution in [0.2, 0.25) is 0 Å². The number of anilines is 2. The summed E-state index contributed by atoms with van der Waals surface area (Å²) in [5, 5.41) is 14.0. The summed E-state index contributed by atoms with van der Waals surface area (Å²) in [6.45, 7) is 2.44. The zero-order valence-corrected chi connectivity index (χ0v) is 17.1. The Morgan fingerprint density at radius 1 is 1.15 bits per heavy atom. The number of nitrogens with zero attached hydrogens (tertiary/aromatic N) is 4. The maximum atomic E-state index is 12.2. The second kappa shape index (κ2) is 8.33. The van der Waals surface area contributed by atoms with Crippen molar-refractivity contribution in [2.45, 2.75) is 19.9 Å². The number of hydrogen-bond acceptors (Lipinski definition) is 4. The minimum absolute atomic E-state index is 0.119. The van der Waals surface area contributed by atoms with Gasteiger partial charge in [0.1, 0.15) is 0 Å². The molecule has 0 saturated heterocycles. The molecule has 0 aliphatic carbocycles. The molecule has 140 valence electrons. The Morgan fingerprint density at radius 2 is 1.89 bits per heavy atom. The van der Waals surface area contributed by atoms with E-state index in [4.69, 9.17) is 0 Å². The maximum Gasteiger partial charge on any atom is 0.276 e. The molecular weight excluding hydrogens is 459 g/mol. The quantitative estimate of drug-likeness (QED) is 0.533. The van der Waals surface area contributed by atoms with Gasteiger partial charge in [-0.2, -0.15) is 10.2 Å². The highest BCUT2D eigenvalue weighted by Gasteiger charge is 2.10. The van der Waals surface area contributed by atoms with E-state index in [9.17, 15) is 9.59 Å². The van der Waals surface area contributed by atoms with Gasteiger partial charge in [0, 0.05) is 43.8 Å². The van der Waals surface area contributed by atoms with Crippen molar-refractivity contribution in [3.8, 4) is 0 Å². The van der Waals surface area contributed by atoms with Crippen molar-refractivity contribution in [1.29, 1.82) is 0 Å². The van der Waals surface area contributed by atoms with Crippen LogP contribution >= 0.6 is 22.6 Å². The standard InChI is InChI=1S/C18H19IN6O2/c1-12-15(19)11-25(22-12)9-7-17(26)20-13-4-3-5-14(10-13)21-18(27)16-6-8-24(2)23-16/h3-6,8,10-11H,7,9H2,1-2H3,(H,20,26)(H,21,27). The number of aromatic nitrogens is 4. The molecule has 2 amide bonds. The van der Waals surface area contributed by atoms with E-state index in [1.54, 1.807) is 52.9 Å². The number of amides is 2. The summed E-state index contributed by atoms with van der Waals surface area (Å²) in [7, 11) is 1.75. The Balaban J connectivity index is 1.56. The average molecular weight is 478 g/mol. The van der Waals surface area contributed by atoms with Gasteiger partial charge in [0.2, 0.25) is 5.91 Å². The third-order valence-electron chi connectivity index (χ3n) is 3.80. The molecule has 0 spiro atoms. The Kier molecular flexibility index (Phi) is 5.89. The zero-order valence-electron chi connectivity index (χ0n) is 14.9. The number of rotatable bonds is 6. The Bertz CT molecular complexity index is 958. The molecule has 2 heterocycles. The van der Waals surface area contributed by atoms with Gasteiger partial charge in [-0.15, -0.1) is 0 Å². The lowest BCUT2D eigenvalue weighted by Crippen LogP contribution is -2.16. The van der Waals surface area contributed by atoms with Gasteiger partial charge in [0.05, 0.1) is 9.26 Å². The first-order valence-electron chi connectivity index (χ1n) is 8.31. The number of nitrogens with one attached hydrogen (secondary N) is 2. The SMILES string of the molecule is Cc1nn(CCC(=O)Nc2cccc(NC(=O)c3ccn(C)n3)c2)cc1I. The van der Waals surface area contributed by atoms with Crippen LogP contribution in [0, 0.1) is 10.5 Å². The molecule has 2 N–H and O–H groups in total. The highest BCUT2D eigenvalue weighted by Crippen LogP contribution is 2.16. The highest BCUT2D eigenvalue weighted by atomic mass is 127. The number of aryl methyl sites for hydroxylation is 3. The van der Waals surface area contributed by atoms with Crippen LogP contribution in [-0.2, 0) is 18.4 Å². The van der Waals surface area contributed by atoms with E-state index in [-0.39, 0.29) is 11.8 Å². The Labute approximate surface area is 170 Å². The van der Waals surface area contributed by atoms with Crippen LogP contribution in [0.1, 0.15) is 22.6 Å². The fourth-order valence-electron chi connectivity index (χ4n) is 2.45. The summed E-state index contributed by atoms with van der Waals surface area (Å²) in [6, 6.07) is 8.64. The smallest absolute Gasteiger partial charge is 0.276 e. The maximum absolute atomic E-state index is 12.2. The van der Waals surface area contributed by atoms with E-state index in [0.717, 1.165) is 9.26 Å². The van der Waals surface area contributed by atoms with E-state index >= 15 is 0 Å². The normalized spacial score (nSPS) is 10.6. The minimum atomic E-state index is -0.303. The molecule has 0 saturated carbocycles. The van der Waals surface area contributed by atoms with Crippen LogP contribution in [-0.4, -0.2) is 31.4 Å². The molecular formula is C18H19IN6O2. The molecule has 0 bridgehead atoms.